The van der Waals surface area contributed by atoms with E-state index < -0.39 is 0 Å². The van der Waals surface area contributed by atoms with Crippen LogP contribution < -0.4 is 0 Å². The molecule has 2 radical (unpaired) electrons. The summed E-state index contributed by atoms with van der Waals surface area (Å²) in [4.78, 5) is 0. The van der Waals surface area contributed by atoms with E-state index in [1.165, 1.54) is 24.0 Å². The number of hydrogen-bond donors (Lipinski definition) is 0. The van der Waals surface area contributed by atoms with E-state index >= 15 is 0 Å². The summed E-state index contributed by atoms with van der Waals surface area (Å²) in [6.45, 7) is 12.8. The van der Waals surface area contributed by atoms with Gasteiger partial charge >= 0.3 is 0 Å². The number of quaternary nitrogens is 1. The Kier molecular flexibility index (Phi) is 5.39. The third-order valence-electron chi connectivity index (χ3n) is 2.29. The van der Waals surface area contributed by atoms with E-state index in [0.29, 0.717) is 0 Å². The molecule has 0 aliphatic rings. The molecule has 0 saturated carbocycles. The first-order valence-corrected chi connectivity index (χ1v) is 5.69. The van der Waals surface area contributed by atoms with Crippen LogP contribution in [0.1, 0.15) is 20.8 Å². The van der Waals surface area contributed by atoms with Crippen molar-refractivity contribution in [1.82, 2.24) is 0 Å². The number of nitrogens with zero attached hydrogens (tertiary/aromatic N) is 1. The third-order valence-corrected chi connectivity index (χ3v) is 3.10. The van der Waals surface area contributed by atoms with Crippen LogP contribution >= 0.6 is 8.46 Å². The average molecular weight is 159 g/mol. The summed E-state index contributed by atoms with van der Waals surface area (Å²) < 4.78 is 1.19. The fourth-order valence-corrected chi connectivity index (χ4v) is 2.31. The van der Waals surface area contributed by atoms with Crippen molar-refractivity contribution in [1.29, 1.82) is 0 Å². The summed E-state index contributed by atoms with van der Waals surface area (Å²) in [5.74, 6) is 0. The normalized spacial score (nSPS) is 13.2. The molecule has 10 heavy (non-hydrogen) atoms. The minimum Gasteiger partial charge on any atom is -0.557 e. The zero-order valence-corrected chi connectivity index (χ0v) is 8.65. The summed E-state index contributed by atoms with van der Waals surface area (Å²) >= 11 is 0. The molecule has 0 bridgehead atoms. The molecule has 0 aromatic carbocycles. The molecular formula is C7H19BNP. The maximum Gasteiger partial charge on any atom is 0.0312 e. The van der Waals surface area contributed by atoms with Crippen molar-refractivity contribution in [3.8, 4) is 0 Å². The van der Waals surface area contributed by atoms with Gasteiger partial charge in [0.15, 0.2) is 0 Å². The molecule has 0 heterocycles. The summed E-state index contributed by atoms with van der Waals surface area (Å²) in [6.07, 6.45) is 0. The molecule has 0 aromatic rings. The molecular weight excluding hydrogens is 140 g/mol. The fraction of sp³-hybridized carbons (Fsp3) is 1.00. The molecule has 0 rings (SSSR count). The highest BCUT2D eigenvalue weighted by atomic mass is 31.1. The molecule has 60 valence electrons. The Bertz CT molecular complexity index is 75.4. The summed E-state index contributed by atoms with van der Waals surface area (Å²) in [5.41, 5.74) is 0. The Morgan fingerprint density at radius 3 is 1.60 bits per heavy atom. The van der Waals surface area contributed by atoms with E-state index in [1.54, 1.807) is 0 Å². The summed E-state index contributed by atoms with van der Waals surface area (Å²) in [5, 5.41) is 0. The van der Waals surface area contributed by atoms with Gasteiger partial charge in [0, 0.05) is 26.8 Å². The molecule has 1 atom stereocenters. The highest BCUT2D eigenvalue weighted by Crippen LogP contribution is 2.12. The SMILES string of the molecule is CC[N+]([B-]PC)(CC)CC. The lowest BCUT2D eigenvalue weighted by Gasteiger charge is -2.49. The second kappa shape index (κ2) is 5.15. The molecule has 0 aromatic heterocycles. The first-order valence-electron chi connectivity index (χ1n) is 4.12. The van der Waals surface area contributed by atoms with E-state index in [9.17, 15) is 0 Å². The zero-order valence-electron chi connectivity index (χ0n) is 7.65. The van der Waals surface area contributed by atoms with Gasteiger partial charge in [0.2, 0.25) is 0 Å². The van der Waals surface area contributed by atoms with Crippen molar-refractivity contribution >= 4 is 15.6 Å². The van der Waals surface area contributed by atoms with E-state index in [4.69, 9.17) is 0 Å². The van der Waals surface area contributed by atoms with Crippen LogP contribution in [0.2, 0.25) is 0 Å². The topological polar surface area (TPSA) is 0 Å². The minimum atomic E-state index is 0.977. The second-order valence-corrected chi connectivity index (χ2v) is 3.42. The van der Waals surface area contributed by atoms with Crippen LogP contribution in [-0.2, 0) is 0 Å². The van der Waals surface area contributed by atoms with Crippen molar-refractivity contribution in [2.24, 2.45) is 0 Å². The highest BCUT2D eigenvalue weighted by molar-refractivity contribution is 7.68. The molecule has 3 heteroatoms. The standard InChI is InChI=1S/C7H19BNP/c1-5-9(6-2,7-3)8-10-4/h10H,5-7H2,1-4H3. The van der Waals surface area contributed by atoms with Crippen LogP contribution in [0.15, 0.2) is 0 Å². The molecule has 1 unspecified atom stereocenters. The van der Waals surface area contributed by atoms with Crippen LogP contribution in [0.5, 0.6) is 0 Å². The van der Waals surface area contributed by atoms with E-state index in [-0.39, 0.29) is 0 Å². The van der Waals surface area contributed by atoms with Gasteiger partial charge in [-0.1, -0.05) is 6.66 Å². The van der Waals surface area contributed by atoms with Crippen LogP contribution in [0, 0.1) is 0 Å². The van der Waals surface area contributed by atoms with Gasteiger partial charge < -0.3 is 4.39 Å². The molecule has 0 aliphatic heterocycles. The summed E-state index contributed by atoms with van der Waals surface area (Å²) in [6, 6.07) is 0. The van der Waals surface area contributed by atoms with E-state index in [0.717, 1.165) is 8.46 Å². The van der Waals surface area contributed by atoms with Gasteiger partial charge in [-0.3, -0.25) is 8.46 Å². The Labute approximate surface area is 67.8 Å². The van der Waals surface area contributed by atoms with Crippen LogP contribution in [0.4, 0.5) is 0 Å². The minimum absolute atomic E-state index is 0.977. The lowest BCUT2D eigenvalue weighted by Crippen LogP contribution is -2.48. The van der Waals surface area contributed by atoms with Crippen molar-refractivity contribution in [2.75, 3.05) is 26.3 Å². The zero-order chi connectivity index (χ0) is 8.04. The lowest BCUT2D eigenvalue weighted by atomic mass is 10.1. The first kappa shape index (κ1) is 10.5. The number of rotatable bonds is 5. The maximum absolute atomic E-state index is 2.44. The van der Waals surface area contributed by atoms with Gasteiger partial charge in [0.05, 0.1) is 0 Å². The van der Waals surface area contributed by atoms with Crippen molar-refractivity contribution < 1.29 is 4.39 Å². The Morgan fingerprint density at radius 2 is 1.50 bits per heavy atom. The third kappa shape index (κ3) is 2.60. The molecule has 0 aliphatic carbocycles. The monoisotopic (exact) mass is 159 g/mol. The molecule has 0 N–H and O–H groups in total. The predicted molar refractivity (Wildman–Crippen MR) is 51.9 cm³/mol. The Balaban J connectivity index is 3.87. The van der Waals surface area contributed by atoms with Crippen molar-refractivity contribution in [3.63, 3.8) is 0 Å². The van der Waals surface area contributed by atoms with Crippen LogP contribution in [0.25, 0.3) is 0 Å². The first-order chi connectivity index (χ1) is 4.74. The van der Waals surface area contributed by atoms with Gasteiger partial charge in [0.25, 0.3) is 0 Å². The van der Waals surface area contributed by atoms with Gasteiger partial charge in [-0.15, -0.1) is 0 Å². The van der Waals surface area contributed by atoms with Gasteiger partial charge in [-0.05, 0) is 20.8 Å². The molecule has 0 spiro atoms. The van der Waals surface area contributed by atoms with Crippen LogP contribution in [-0.4, -0.2) is 37.8 Å². The smallest absolute Gasteiger partial charge is 0.0312 e. The molecule has 1 nitrogen and oxygen atoms in total. The van der Waals surface area contributed by atoms with E-state index in [2.05, 4.69) is 34.6 Å². The largest absolute Gasteiger partial charge is 0.557 e. The molecule has 0 saturated heterocycles. The highest BCUT2D eigenvalue weighted by Gasteiger charge is 2.06. The number of hydrogen-bond acceptors (Lipinski definition) is 0. The summed E-state index contributed by atoms with van der Waals surface area (Å²) in [7, 11) is 3.42. The Hall–Kier alpha value is 0.455. The van der Waals surface area contributed by atoms with Gasteiger partial charge in [-0.2, -0.15) is 0 Å². The molecule has 0 fully saturated rings. The van der Waals surface area contributed by atoms with E-state index in [1.807, 2.05) is 0 Å². The van der Waals surface area contributed by atoms with Gasteiger partial charge in [-0.25, -0.2) is 0 Å². The van der Waals surface area contributed by atoms with Crippen molar-refractivity contribution in [3.05, 3.63) is 0 Å². The van der Waals surface area contributed by atoms with Gasteiger partial charge in [0.1, 0.15) is 0 Å². The quantitative estimate of drug-likeness (QED) is 0.423. The molecule has 0 amide bonds. The van der Waals surface area contributed by atoms with Crippen LogP contribution in [0.3, 0.4) is 0 Å². The predicted octanol–water partition coefficient (Wildman–Crippen LogP) is 1.71. The maximum atomic E-state index is 2.44. The Morgan fingerprint density at radius 1 is 1.10 bits per heavy atom. The van der Waals surface area contributed by atoms with Crippen molar-refractivity contribution in [2.45, 2.75) is 20.8 Å². The second-order valence-electron chi connectivity index (χ2n) is 2.59. The average Bonchev–Trinajstić information content (AvgIpc) is 2.01. The fourth-order valence-electron chi connectivity index (χ4n) is 1.22. The lowest BCUT2D eigenvalue weighted by molar-refractivity contribution is -0.813.